The van der Waals surface area contributed by atoms with Crippen LogP contribution in [0.1, 0.15) is 29.3 Å². The zero-order valence-corrected chi connectivity index (χ0v) is 12.1. The third-order valence-electron chi connectivity index (χ3n) is 3.29. The zero-order valence-electron chi connectivity index (χ0n) is 9.75. The number of hydrogen-bond acceptors (Lipinski definition) is 2. The molecule has 0 saturated heterocycles. The predicted molar refractivity (Wildman–Crippen MR) is 80.1 cm³/mol. The van der Waals surface area contributed by atoms with Gasteiger partial charge in [0.25, 0.3) is 0 Å². The van der Waals surface area contributed by atoms with Gasteiger partial charge < -0.3 is 5.32 Å². The van der Waals surface area contributed by atoms with Gasteiger partial charge in [0.1, 0.15) is 0 Å². The Hall–Kier alpha value is -0.700. The number of para-hydroxylation sites is 1. The number of thiophene rings is 1. The number of rotatable bonds is 2. The van der Waals surface area contributed by atoms with E-state index in [0.29, 0.717) is 6.04 Å². The van der Waals surface area contributed by atoms with E-state index in [1.165, 1.54) is 16.9 Å². The Morgan fingerprint density at radius 1 is 1.22 bits per heavy atom. The molecule has 0 spiro atoms. The highest BCUT2D eigenvalue weighted by molar-refractivity contribution is 7.16. The standard InChI is InChI=1S/C14H13Cl2NS/c15-10-4-1-2-5-12(10)17-11-6-3-7-13-9(11)8-14(16)18-13/h1-2,4-5,8,11,17H,3,6-7H2. The van der Waals surface area contributed by atoms with Crippen molar-refractivity contribution >= 4 is 40.2 Å². The van der Waals surface area contributed by atoms with Crippen molar-refractivity contribution in [2.24, 2.45) is 0 Å². The van der Waals surface area contributed by atoms with Crippen molar-refractivity contribution < 1.29 is 0 Å². The van der Waals surface area contributed by atoms with E-state index in [1.54, 1.807) is 11.3 Å². The summed E-state index contributed by atoms with van der Waals surface area (Å²) in [5.41, 5.74) is 2.34. The number of fused-ring (bicyclic) bond motifs is 1. The second-order valence-corrected chi connectivity index (χ2v) is 6.67. The fraction of sp³-hybridized carbons (Fsp3) is 0.286. The molecule has 1 aromatic carbocycles. The first kappa shape index (κ1) is 12.3. The molecule has 1 aromatic heterocycles. The molecule has 1 N–H and O–H groups in total. The van der Waals surface area contributed by atoms with Gasteiger partial charge in [0, 0.05) is 4.88 Å². The van der Waals surface area contributed by atoms with Crippen molar-refractivity contribution in [1.29, 1.82) is 0 Å². The van der Waals surface area contributed by atoms with Gasteiger partial charge in [-0.1, -0.05) is 35.3 Å². The third-order valence-corrected chi connectivity index (χ3v) is 4.96. The van der Waals surface area contributed by atoms with Crippen molar-refractivity contribution in [3.63, 3.8) is 0 Å². The highest BCUT2D eigenvalue weighted by Crippen LogP contribution is 2.40. The molecule has 0 bridgehead atoms. The largest absolute Gasteiger partial charge is 0.377 e. The van der Waals surface area contributed by atoms with Crippen LogP contribution in [-0.4, -0.2) is 0 Å². The molecule has 18 heavy (non-hydrogen) atoms. The lowest BCUT2D eigenvalue weighted by atomic mass is 9.94. The molecule has 1 aliphatic rings. The van der Waals surface area contributed by atoms with E-state index >= 15 is 0 Å². The van der Waals surface area contributed by atoms with Crippen LogP contribution in [0.25, 0.3) is 0 Å². The Morgan fingerprint density at radius 3 is 2.89 bits per heavy atom. The van der Waals surface area contributed by atoms with E-state index in [1.807, 2.05) is 24.3 Å². The monoisotopic (exact) mass is 297 g/mol. The minimum atomic E-state index is 0.331. The molecule has 1 aliphatic carbocycles. The quantitative estimate of drug-likeness (QED) is 0.767. The highest BCUT2D eigenvalue weighted by atomic mass is 35.5. The van der Waals surface area contributed by atoms with Crippen LogP contribution < -0.4 is 5.32 Å². The van der Waals surface area contributed by atoms with E-state index in [2.05, 4.69) is 11.4 Å². The van der Waals surface area contributed by atoms with Crippen LogP contribution >= 0.6 is 34.5 Å². The summed E-state index contributed by atoms with van der Waals surface area (Å²) in [4.78, 5) is 1.41. The van der Waals surface area contributed by atoms with Crippen LogP contribution in [0.15, 0.2) is 30.3 Å². The number of halogens is 2. The Morgan fingerprint density at radius 2 is 2.06 bits per heavy atom. The molecule has 2 aromatic rings. The van der Waals surface area contributed by atoms with Crippen LogP contribution in [0, 0.1) is 0 Å². The summed E-state index contributed by atoms with van der Waals surface area (Å²) in [7, 11) is 0. The van der Waals surface area contributed by atoms with E-state index in [4.69, 9.17) is 23.2 Å². The maximum Gasteiger partial charge on any atom is 0.0934 e. The van der Waals surface area contributed by atoms with E-state index in [-0.39, 0.29) is 0 Å². The van der Waals surface area contributed by atoms with Gasteiger partial charge in [0.15, 0.2) is 0 Å². The average Bonchev–Trinajstić information content (AvgIpc) is 2.73. The molecular weight excluding hydrogens is 285 g/mol. The maximum atomic E-state index is 6.19. The van der Waals surface area contributed by atoms with Crippen LogP contribution in [0.2, 0.25) is 9.36 Å². The van der Waals surface area contributed by atoms with Crippen molar-refractivity contribution in [2.45, 2.75) is 25.3 Å². The molecule has 1 unspecified atom stereocenters. The van der Waals surface area contributed by atoms with E-state index in [9.17, 15) is 0 Å². The summed E-state index contributed by atoms with van der Waals surface area (Å²) in [5, 5.41) is 4.30. The molecule has 0 radical (unpaired) electrons. The maximum absolute atomic E-state index is 6.19. The molecule has 0 amide bonds. The fourth-order valence-corrected chi connectivity index (χ4v) is 4.01. The molecule has 0 saturated carbocycles. The number of hydrogen-bond donors (Lipinski definition) is 1. The Labute approximate surface area is 121 Å². The second-order valence-electron chi connectivity index (χ2n) is 4.50. The van der Waals surface area contributed by atoms with Gasteiger partial charge in [-0.15, -0.1) is 11.3 Å². The van der Waals surface area contributed by atoms with Crippen molar-refractivity contribution in [3.05, 3.63) is 50.1 Å². The molecule has 0 fully saturated rings. The smallest absolute Gasteiger partial charge is 0.0934 e. The van der Waals surface area contributed by atoms with Crippen molar-refractivity contribution in [1.82, 2.24) is 0 Å². The minimum absolute atomic E-state index is 0.331. The zero-order chi connectivity index (χ0) is 12.5. The van der Waals surface area contributed by atoms with Gasteiger partial charge in [0.2, 0.25) is 0 Å². The average molecular weight is 298 g/mol. The van der Waals surface area contributed by atoms with Gasteiger partial charge in [-0.25, -0.2) is 0 Å². The lowest BCUT2D eigenvalue weighted by molar-refractivity contribution is 0.609. The van der Waals surface area contributed by atoms with Crippen LogP contribution in [0.5, 0.6) is 0 Å². The Kier molecular flexibility index (Phi) is 3.51. The number of anilines is 1. The second kappa shape index (κ2) is 5.12. The molecular formula is C14H13Cl2NS. The molecule has 0 aliphatic heterocycles. The summed E-state index contributed by atoms with van der Waals surface area (Å²) >= 11 is 14.0. The van der Waals surface area contributed by atoms with Gasteiger partial charge in [-0.05, 0) is 43.0 Å². The first-order valence-electron chi connectivity index (χ1n) is 6.03. The molecule has 1 heterocycles. The summed E-state index contributed by atoms with van der Waals surface area (Å²) in [6.07, 6.45) is 3.48. The molecule has 1 nitrogen and oxygen atoms in total. The van der Waals surface area contributed by atoms with Gasteiger partial charge in [-0.3, -0.25) is 0 Å². The van der Waals surface area contributed by atoms with Gasteiger partial charge in [-0.2, -0.15) is 0 Å². The van der Waals surface area contributed by atoms with Gasteiger partial charge in [0.05, 0.1) is 21.1 Å². The summed E-state index contributed by atoms with van der Waals surface area (Å²) < 4.78 is 0.882. The first-order chi connectivity index (χ1) is 8.74. The predicted octanol–water partition coefficient (Wildman–Crippen LogP) is 5.54. The van der Waals surface area contributed by atoms with E-state index in [0.717, 1.165) is 27.9 Å². The number of aryl methyl sites for hydroxylation is 1. The SMILES string of the molecule is Clc1cc2c(s1)CCCC2Nc1ccccc1Cl. The van der Waals surface area contributed by atoms with E-state index < -0.39 is 0 Å². The topological polar surface area (TPSA) is 12.0 Å². The van der Waals surface area contributed by atoms with Crippen LogP contribution in [0.3, 0.4) is 0 Å². The van der Waals surface area contributed by atoms with Crippen LogP contribution in [0.4, 0.5) is 5.69 Å². The normalized spacial score (nSPS) is 18.4. The first-order valence-corrected chi connectivity index (χ1v) is 7.60. The van der Waals surface area contributed by atoms with Gasteiger partial charge >= 0.3 is 0 Å². The summed E-state index contributed by atoms with van der Waals surface area (Å²) in [6, 6.07) is 10.3. The third kappa shape index (κ3) is 2.37. The molecule has 3 rings (SSSR count). The Balaban J connectivity index is 1.88. The fourth-order valence-electron chi connectivity index (χ4n) is 2.44. The number of benzene rings is 1. The molecule has 4 heteroatoms. The van der Waals surface area contributed by atoms with Crippen molar-refractivity contribution in [2.75, 3.05) is 5.32 Å². The molecule has 94 valence electrons. The number of nitrogens with one attached hydrogen (secondary N) is 1. The lowest BCUT2D eigenvalue weighted by Gasteiger charge is -2.25. The summed E-state index contributed by atoms with van der Waals surface area (Å²) in [5.74, 6) is 0. The van der Waals surface area contributed by atoms with Crippen molar-refractivity contribution in [3.8, 4) is 0 Å². The Bertz CT molecular complexity index is 565. The highest BCUT2D eigenvalue weighted by Gasteiger charge is 2.23. The molecule has 1 atom stereocenters. The minimum Gasteiger partial charge on any atom is -0.377 e. The van der Waals surface area contributed by atoms with Crippen LogP contribution in [-0.2, 0) is 6.42 Å². The lowest BCUT2D eigenvalue weighted by Crippen LogP contribution is -2.15. The summed E-state index contributed by atoms with van der Waals surface area (Å²) in [6.45, 7) is 0.